The average molecular weight is 432 g/mol. The maximum atomic E-state index is 12.2. The lowest BCUT2D eigenvalue weighted by Crippen LogP contribution is -2.22. The van der Waals surface area contributed by atoms with Crippen LogP contribution in [0.5, 0.6) is 11.5 Å². The summed E-state index contributed by atoms with van der Waals surface area (Å²) in [6.07, 6.45) is 0. The number of hydrogen-bond acceptors (Lipinski definition) is 4. The highest BCUT2D eigenvalue weighted by Crippen LogP contribution is 2.26. The minimum atomic E-state index is -0.113. The zero-order chi connectivity index (χ0) is 18.2. The second-order valence-corrected chi connectivity index (χ2v) is 7.30. The first-order valence-corrected chi connectivity index (χ1v) is 9.80. The molecular formula is C20H18BrNO3S. The van der Waals surface area contributed by atoms with Crippen LogP contribution < -0.4 is 14.8 Å². The van der Waals surface area contributed by atoms with E-state index in [0.29, 0.717) is 31.1 Å². The highest BCUT2D eigenvalue weighted by atomic mass is 79.9. The minimum Gasteiger partial charge on any atom is -0.490 e. The third-order valence-corrected chi connectivity index (χ3v) is 5.05. The van der Waals surface area contributed by atoms with Crippen LogP contribution in [0, 0.1) is 0 Å². The Morgan fingerprint density at radius 1 is 1.00 bits per heavy atom. The number of ether oxygens (including phenoxy) is 2. The van der Waals surface area contributed by atoms with Crippen molar-refractivity contribution >= 4 is 33.2 Å². The Kier molecular flexibility index (Phi) is 6.68. The Hall–Kier alpha value is -2.31. The molecule has 1 heterocycles. The van der Waals surface area contributed by atoms with Gasteiger partial charge in [-0.3, -0.25) is 4.79 Å². The van der Waals surface area contributed by atoms with Gasteiger partial charge in [-0.2, -0.15) is 0 Å². The van der Waals surface area contributed by atoms with Gasteiger partial charge in [0, 0.05) is 10.4 Å². The summed E-state index contributed by atoms with van der Waals surface area (Å²) in [4.78, 5) is 13.4. The number of benzene rings is 2. The van der Waals surface area contributed by atoms with Gasteiger partial charge in [0.2, 0.25) is 0 Å². The normalized spacial score (nSPS) is 10.3. The van der Waals surface area contributed by atoms with E-state index in [1.807, 2.05) is 47.8 Å². The van der Waals surface area contributed by atoms with Crippen LogP contribution in [0.1, 0.15) is 15.2 Å². The summed E-state index contributed by atoms with van der Waals surface area (Å²) in [5.74, 6) is 1.38. The van der Waals surface area contributed by atoms with Crippen molar-refractivity contribution in [3.63, 3.8) is 0 Å². The highest BCUT2D eigenvalue weighted by molar-refractivity contribution is 9.10. The second-order valence-electron chi connectivity index (χ2n) is 5.42. The lowest BCUT2D eigenvalue weighted by Gasteiger charge is -2.11. The third kappa shape index (κ3) is 5.34. The molecule has 6 heteroatoms. The van der Waals surface area contributed by atoms with Gasteiger partial charge in [0.1, 0.15) is 24.7 Å². The summed E-state index contributed by atoms with van der Waals surface area (Å²) < 4.78 is 12.0. The number of nitrogens with one attached hydrogen (secondary N) is 1. The van der Waals surface area contributed by atoms with Crippen molar-refractivity contribution in [2.45, 2.75) is 6.54 Å². The Morgan fingerprint density at radius 2 is 1.81 bits per heavy atom. The Labute approximate surface area is 164 Å². The van der Waals surface area contributed by atoms with Crippen LogP contribution in [0.4, 0.5) is 0 Å². The second kappa shape index (κ2) is 9.40. The van der Waals surface area contributed by atoms with Crippen molar-refractivity contribution in [3.8, 4) is 11.5 Å². The van der Waals surface area contributed by atoms with Gasteiger partial charge in [0.25, 0.3) is 5.91 Å². The summed E-state index contributed by atoms with van der Waals surface area (Å²) in [6, 6.07) is 18.9. The number of carbonyl (C=O) groups is 1. The molecule has 0 aliphatic heterocycles. The van der Waals surface area contributed by atoms with Crippen molar-refractivity contribution in [1.29, 1.82) is 0 Å². The van der Waals surface area contributed by atoms with Gasteiger partial charge in [0.05, 0.1) is 11.0 Å². The Bertz CT molecular complexity index is 838. The number of hydrogen-bond donors (Lipinski definition) is 1. The lowest BCUT2D eigenvalue weighted by molar-refractivity contribution is 0.0951. The van der Waals surface area contributed by atoms with Crippen LogP contribution in [0.3, 0.4) is 0 Å². The smallest absolute Gasteiger partial charge is 0.251 e. The summed E-state index contributed by atoms with van der Waals surface area (Å²) in [5, 5.41) is 4.90. The number of para-hydroxylation sites is 1. The van der Waals surface area contributed by atoms with Gasteiger partial charge < -0.3 is 14.8 Å². The van der Waals surface area contributed by atoms with Crippen LogP contribution in [-0.2, 0) is 6.54 Å². The van der Waals surface area contributed by atoms with Gasteiger partial charge in [-0.15, -0.1) is 11.3 Å². The number of halogens is 1. The van der Waals surface area contributed by atoms with E-state index < -0.39 is 0 Å². The van der Waals surface area contributed by atoms with E-state index in [4.69, 9.17) is 9.47 Å². The first kappa shape index (κ1) is 18.5. The first-order chi connectivity index (χ1) is 12.7. The van der Waals surface area contributed by atoms with Gasteiger partial charge >= 0.3 is 0 Å². The van der Waals surface area contributed by atoms with E-state index >= 15 is 0 Å². The predicted molar refractivity (Wildman–Crippen MR) is 107 cm³/mol. The van der Waals surface area contributed by atoms with E-state index in [1.165, 1.54) is 0 Å². The molecule has 0 aliphatic carbocycles. The quantitative estimate of drug-likeness (QED) is 0.516. The molecule has 2 aromatic carbocycles. The van der Waals surface area contributed by atoms with Gasteiger partial charge in [-0.25, -0.2) is 0 Å². The maximum Gasteiger partial charge on any atom is 0.251 e. The molecule has 0 spiro atoms. The number of carbonyl (C=O) groups excluding carboxylic acids is 1. The van der Waals surface area contributed by atoms with Gasteiger partial charge in [-0.1, -0.05) is 24.3 Å². The van der Waals surface area contributed by atoms with E-state index in [-0.39, 0.29) is 5.91 Å². The van der Waals surface area contributed by atoms with Gasteiger partial charge in [0.15, 0.2) is 0 Å². The lowest BCUT2D eigenvalue weighted by atomic mass is 10.2. The fourth-order valence-electron chi connectivity index (χ4n) is 2.27. The van der Waals surface area contributed by atoms with Crippen LogP contribution in [0.2, 0.25) is 0 Å². The van der Waals surface area contributed by atoms with Crippen molar-refractivity contribution in [2.24, 2.45) is 0 Å². The molecule has 0 radical (unpaired) electrons. The van der Waals surface area contributed by atoms with E-state index in [1.54, 1.807) is 29.5 Å². The van der Waals surface area contributed by atoms with Crippen LogP contribution in [0.15, 0.2) is 70.5 Å². The molecule has 0 aliphatic rings. The zero-order valence-electron chi connectivity index (χ0n) is 14.0. The Morgan fingerprint density at radius 3 is 2.54 bits per heavy atom. The van der Waals surface area contributed by atoms with E-state index in [2.05, 4.69) is 21.2 Å². The van der Waals surface area contributed by atoms with E-state index in [0.717, 1.165) is 15.1 Å². The van der Waals surface area contributed by atoms with Crippen molar-refractivity contribution in [3.05, 3.63) is 81.0 Å². The molecule has 3 aromatic rings. The van der Waals surface area contributed by atoms with Crippen LogP contribution >= 0.6 is 27.3 Å². The standard InChI is InChI=1S/C20H18BrNO3S/c21-18-13-15(20(23)22-14-17-7-4-12-26-17)8-9-19(18)25-11-10-24-16-5-2-1-3-6-16/h1-9,12-13H,10-11,14H2,(H,22,23). The highest BCUT2D eigenvalue weighted by Gasteiger charge is 2.09. The summed E-state index contributed by atoms with van der Waals surface area (Å²) in [7, 11) is 0. The molecule has 0 unspecified atom stereocenters. The molecule has 0 bridgehead atoms. The average Bonchev–Trinajstić information content (AvgIpc) is 3.19. The molecule has 1 amide bonds. The molecule has 0 fully saturated rings. The first-order valence-electron chi connectivity index (χ1n) is 8.13. The fraction of sp³-hybridized carbons (Fsp3) is 0.150. The monoisotopic (exact) mass is 431 g/mol. The number of amides is 1. The SMILES string of the molecule is O=C(NCc1cccs1)c1ccc(OCCOc2ccccc2)c(Br)c1. The molecule has 0 atom stereocenters. The number of thiophene rings is 1. The zero-order valence-corrected chi connectivity index (χ0v) is 16.4. The third-order valence-electron chi connectivity index (χ3n) is 3.55. The topological polar surface area (TPSA) is 47.6 Å². The number of rotatable bonds is 8. The van der Waals surface area contributed by atoms with Crippen molar-refractivity contribution in [2.75, 3.05) is 13.2 Å². The molecule has 3 rings (SSSR count). The molecule has 0 saturated heterocycles. The van der Waals surface area contributed by atoms with Crippen molar-refractivity contribution in [1.82, 2.24) is 5.32 Å². The molecule has 1 N–H and O–H groups in total. The minimum absolute atomic E-state index is 0.113. The fourth-order valence-corrected chi connectivity index (χ4v) is 3.41. The molecule has 134 valence electrons. The Balaban J connectivity index is 1.48. The van der Waals surface area contributed by atoms with E-state index in [9.17, 15) is 4.79 Å². The summed E-state index contributed by atoms with van der Waals surface area (Å²) >= 11 is 5.08. The molecule has 1 aromatic heterocycles. The van der Waals surface area contributed by atoms with Crippen LogP contribution in [-0.4, -0.2) is 19.1 Å². The summed E-state index contributed by atoms with van der Waals surface area (Å²) in [5.41, 5.74) is 0.585. The summed E-state index contributed by atoms with van der Waals surface area (Å²) in [6.45, 7) is 1.39. The molecule has 26 heavy (non-hydrogen) atoms. The van der Waals surface area contributed by atoms with Crippen LogP contribution in [0.25, 0.3) is 0 Å². The maximum absolute atomic E-state index is 12.2. The molecular weight excluding hydrogens is 414 g/mol. The molecule has 0 saturated carbocycles. The largest absolute Gasteiger partial charge is 0.490 e. The van der Waals surface area contributed by atoms with Crippen molar-refractivity contribution < 1.29 is 14.3 Å². The predicted octanol–water partition coefficient (Wildman–Crippen LogP) is 4.90. The molecule has 4 nitrogen and oxygen atoms in total. The van der Waals surface area contributed by atoms with Gasteiger partial charge in [-0.05, 0) is 57.7 Å².